The Labute approximate surface area is 132 Å². The summed E-state index contributed by atoms with van der Waals surface area (Å²) in [7, 11) is 0. The third-order valence-electron chi connectivity index (χ3n) is 5.98. The second-order valence-electron chi connectivity index (χ2n) is 7.86. The molecule has 0 N–H and O–H groups in total. The number of hydrogen-bond acceptors (Lipinski definition) is 3. The van der Waals surface area contributed by atoms with Gasteiger partial charge in [0.15, 0.2) is 0 Å². The molecule has 4 aliphatic rings. The first-order valence-electron chi connectivity index (χ1n) is 8.77. The zero-order chi connectivity index (χ0) is 15.3. The van der Waals surface area contributed by atoms with Gasteiger partial charge in [0.2, 0.25) is 11.8 Å². The van der Waals surface area contributed by atoms with Gasteiger partial charge in [-0.05, 0) is 31.6 Å². The normalized spacial score (nSPS) is 36.6. The van der Waals surface area contributed by atoms with Gasteiger partial charge in [-0.3, -0.25) is 9.59 Å². The van der Waals surface area contributed by atoms with E-state index in [0.717, 1.165) is 58.5 Å². The first-order valence-corrected chi connectivity index (χ1v) is 8.77. The highest BCUT2D eigenvalue weighted by Crippen LogP contribution is 2.43. The van der Waals surface area contributed by atoms with E-state index in [2.05, 4.69) is 6.92 Å². The number of ether oxygens (including phenoxy) is 1. The van der Waals surface area contributed by atoms with Crippen molar-refractivity contribution in [1.29, 1.82) is 0 Å². The third-order valence-corrected chi connectivity index (χ3v) is 5.98. The molecule has 0 radical (unpaired) electrons. The van der Waals surface area contributed by atoms with E-state index in [9.17, 15) is 9.59 Å². The van der Waals surface area contributed by atoms with Crippen molar-refractivity contribution in [1.82, 2.24) is 9.80 Å². The monoisotopic (exact) mass is 306 g/mol. The third kappa shape index (κ3) is 2.53. The molecule has 22 heavy (non-hydrogen) atoms. The molecule has 122 valence electrons. The summed E-state index contributed by atoms with van der Waals surface area (Å²) in [4.78, 5) is 27.9. The van der Waals surface area contributed by atoms with Gasteiger partial charge < -0.3 is 14.5 Å². The molecule has 5 nitrogen and oxygen atoms in total. The van der Waals surface area contributed by atoms with Gasteiger partial charge in [-0.25, -0.2) is 0 Å². The number of hydrogen-bond donors (Lipinski definition) is 0. The average molecular weight is 306 g/mol. The minimum Gasteiger partial charge on any atom is -0.371 e. The number of carbonyl (C=O) groups excluding carboxylic acids is 2. The minimum absolute atomic E-state index is 0.0701. The van der Waals surface area contributed by atoms with E-state index in [1.165, 1.54) is 0 Å². The molecular formula is C17H26N2O3. The molecule has 3 atom stereocenters. The van der Waals surface area contributed by atoms with Crippen molar-refractivity contribution in [3.8, 4) is 0 Å². The van der Waals surface area contributed by atoms with E-state index < -0.39 is 0 Å². The zero-order valence-electron chi connectivity index (χ0n) is 13.4. The van der Waals surface area contributed by atoms with Gasteiger partial charge in [0.25, 0.3) is 0 Å². The molecule has 1 saturated carbocycles. The number of rotatable bonds is 3. The summed E-state index contributed by atoms with van der Waals surface area (Å²) in [5.74, 6) is 1.99. The lowest BCUT2D eigenvalue weighted by Gasteiger charge is -2.53. The number of nitrogens with zero attached hydrogens (tertiary/aromatic N) is 2. The van der Waals surface area contributed by atoms with E-state index in [-0.39, 0.29) is 11.5 Å². The highest BCUT2D eigenvalue weighted by Gasteiger charge is 2.52. The SMILES string of the molecule is C[C@@H]1C[C@@H]1C(=O)N1CC2(CC[C@@H](CN3CCCC3=O)CO2)C1. The van der Waals surface area contributed by atoms with Crippen LogP contribution in [0.2, 0.25) is 0 Å². The quantitative estimate of drug-likeness (QED) is 0.789. The van der Waals surface area contributed by atoms with Crippen LogP contribution in [0.4, 0.5) is 0 Å². The molecule has 0 unspecified atom stereocenters. The molecule has 0 bridgehead atoms. The van der Waals surface area contributed by atoms with E-state index in [0.29, 0.717) is 30.1 Å². The van der Waals surface area contributed by atoms with Crippen LogP contribution in [0.5, 0.6) is 0 Å². The topological polar surface area (TPSA) is 49.9 Å². The van der Waals surface area contributed by atoms with Gasteiger partial charge in [-0.2, -0.15) is 0 Å². The minimum atomic E-state index is -0.0701. The van der Waals surface area contributed by atoms with Crippen LogP contribution in [0.15, 0.2) is 0 Å². The maximum absolute atomic E-state index is 12.2. The maximum atomic E-state index is 12.2. The molecule has 2 amide bonds. The molecule has 4 rings (SSSR count). The molecule has 1 spiro atoms. The number of likely N-dealkylation sites (tertiary alicyclic amines) is 2. The predicted octanol–water partition coefficient (Wildman–Crippen LogP) is 1.27. The largest absolute Gasteiger partial charge is 0.371 e. The Morgan fingerprint density at radius 3 is 2.73 bits per heavy atom. The Morgan fingerprint density at radius 2 is 2.18 bits per heavy atom. The predicted molar refractivity (Wildman–Crippen MR) is 81.1 cm³/mol. The molecule has 3 aliphatic heterocycles. The lowest BCUT2D eigenvalue weighted by molar-refractivity contribution is -0.190. The van der Waals surface area contributed by atoms with Crippen LogP contribution in [0.3, 0.4) is 0 Å². The van der Waals surface area contributed by atoms with E-state index >= 15 is 0 Å². The molecule has 3 heterocycles. The average Bonchev–Trinajstić information content (AvgIpc) is 3.08. The summed E-state index contributed by atoms with van der Waals surface area (Å²) in [6, 6.07) is 0. The molecule has 3 saturated heterocycles. The first kappa shape index (κ1) is 14.5. The summed E-state index contributed by atoms with van der Waals surface area (Å²) < 4.78 is 6.14. The molecule has 0 aromatic carbocycles. The second-order valence-corrected chi connectivity index (χ2v) is 7.86. The highest BCUT2D eigenvalue weighted by molar-refractivity contribution is 5.82. The lowest BCUT2D eigenvalue weighted by Crippen LogP contribution is -2.66. The lowest BCUT2D eigenvalue weighted by atomic mass is 9.82. The van der Waals surface area contributed by atoms with E-state index in [1.54, 1.807) is 0 Å². The van der Waals surface area contributed by atoms with Crippen LogP contribution in [0.25, 0.3) is 0 Å². The van der Waals surface area contributed by atoms with E-state index in [1.807, 2.05) is 9.80 Å². The van der Waals surface area contributed by atoms with Gasteiger partial charge in [0.1, 0.15) is 5.60 Å². The summed E-state index contributed by atoms with van der Waals surface area (Å²) in [6.45, 7) is 6.24. The van der Waals surface area contributed by atoms with Crippen LogP contribution >= 0.6 is 0 Å². The van der Waals surface area contributed by atoms with Crippen molar-refractivity contribution in [3.05, 3.63) is 0 Å². The maximum Gasteiger partial charge on any atom is 0.226 e. The van der Waals surface area contributed by atoms with Crippen molar-refractivity contribution in [2.24, 2.45) is 17.8 Å². The molecule has 0 aromatic heterocycles. The van der Waals surface area contributed by atoms with Crippen LogP contribution in [-0.4, -0.2) is 60.0 Å². The number of amides is 2. The highest BCUT2D eigenvalue weighted by atomic mass is 16.5. The fraction of sp³-hybridized carbons (Fsp3) is 0.882. The van der Waals surface area contributed by atoms with Crippen molar-refractivity contribution in [2.75, 3.05) is 32.8 Å². The van der Waals surface area contributed by atoms with Crippen molar-refractivity contribution in [2.45, 2.75) is 44.6 Å². The summed E-state index contributed by atoms with van der Waals surface area (Å²) in [5.41, 5.74) is -0.0701. The van der Waals surface area contributed by atoms with Crippen LogP contribution in [-0.2, 0) is 14.3 Å². The zero-order valence-corrected chi connectivity index (χ0v) is 13.4. The molecule has 4 fully saturated rings. The Bertz CT molecular complexity index is 476. The van der Waals surface area contributed by atoms with Gasteiger partial charge in [0, 0.05) is 31.3 Å². The smallest absolute Gasteiger partial charge is 0.226 e. The van der Waals surface area contributed by atoms with Crippen molar-refractivity contribution >= 4 is 11.8 Å². The van der Waals surface area contributed by atoms with Crippen molar-refractivity contribution in [3.63, 3.8) is 0 Å². The fourth-order valence-corrected chi connectivity index (χ4v) is 4.23. The van der Waals surface area contributed by atoms with Gasteiger partial charge in [-0.15, -0.1) is 0 Å². The number of carbonyl (C=O) groups is 2. The fourth-order valence-electron chi connectivity index (χ4n) is 4.23. The summed E-state index contributed by atoms with van der Waals surface area (Å²) in [6.07, 6.45) is 4.94. The summed E-state index contributed by atoms with van der Waals surface area (Å²) >= 11 is 0. The molecule has 5 heteroatoms. The molecule has 1 aliphatic carbocycles. The molecular weight excluding hydrogens is 280 g/mol. The summed E-state index contributed by atoms with van der Waals surface area (Å²) in [5, 5.41) is 0. The van der Waals surface area contributed by atoms with Crippen molar-refractivity contribution < 1.29 is 14.3 Å². The van der Waals surface area contributed by atoms with Gasteiger partial charge in [0.05, 0.1) is 19.7 Å². The Balaban J connectivity index is 1.23. The Hall–Kier alpha value is -1.10. The van der Waals surface area contributed by atoms with Crippen LogP contribution in [0, 0.1) is 17.8 Å². The van der Waals surface area contributed by atoms with Gasteiger partial charge >= 0.3 is 0 Å². The standard InChI is InChI=1S/C17H26N2O3/c1-12-7-14(12)16(21)19-10-17(11-19)5-4-13(9-22-17)8-18-6-2-3-15(18)20/h12-14H,2-11H2,1H3/t12-,13+,14+/m1/s1. The van der Waals surface area contributed by atoms with E-state index in [4.69, 9.17) is 4.74 Å². The second kappa shape index (κ2) is 5.22. The first-order chi connectivity index (χ1) is 10.6. The van der Waals surface area contributed by atoms with Gasteiger partial charge in [-0.1, -0.05) is 6.92 Å². The van der Waals surface area contributed by atoms with Crippen LogP contribution < -0.4 is 0 Å². The Morgan fingerprint density at radius 1 is 1.41 bits per heavy atom. The Kier molecular flexibility index (Phi) is 3.44. The molecule has 0 aromatic rings. The van der Waals surface area contributed by atoms with Crippen LogP contribution in [0.1, 0.15) is 39.0 Å².